The number of hydrogen-bond acceptors (Lipinski definition) is 8. The average molecular weight is 533 g/mol. The van der Waals surface area contributed by atoms with Gasteiger partial charge in [-0.25, -0.2) is 4.98 Å². The van der Waals surface area contributed by atoms with E-state index in [1.807, 2.05) is 33.8 Å². The molecule has 5 rings (SSSR count). The third-order valence-electron chi connectivity index (χ3n) is 6.68. The van der Waals surface area contributed by atoms with E-state index in [1.165, 1.54) is 11.8 Å². The van der Waals surface area contributed by atoms with E-state index >= 15 is 0 Å². The second-order valence-corrected chi connectivity index (χ2v) is 10.2. The number of thiazole rings is 1. The number of ether oxygens (including phenoxy) is 2. The van der Waals surface area contributed by atoms with Crippen molar-refractivity contribution in [3.63, 3.8) is 0 Å². The normalized spacial score (nSPS) is 14.7. The molecule has 4 aromatic rings. The van der Waals surface area contributed by atoms with Crippen molar-refractivity contribution in [1.29, 1.82) is 0 Å². The van der Waals surface area contributed by atoms with Gasteiger partial charge in [-0.3, -0.25) is 19.3 Å². The average Bonchev–Trinajstić information content (AvgIpc) is 3.39. The molecule has 3 heterocycles. The number of hydrogen-bond donors (Lipinski definition) is 0. The van der Waals surface area contributed by atoms with Crippen LogP contribution in [-0.2, 0) is 0 Å². The number of amides is 1. The maximum atomic E-state index is 14.0. The van der Waals surface area contributed by atoms with Crippen LogP contribution in [0.25, 0.3) is 11.0 Å². The third-order valence-corrected chi connectivity index (χ3v) is 7.94. The summed E-state index contributed by atoms with van der Waals surface area (Å²) in [6.45, 7) is 11.7. The van der Waals surface area contributed by atoms with Crippen LogP contribution in [0.2, 0.25) is 0 Å². The summed E-state index contributed by atoms with van der Waals surface area (Å²) in [7, 11) is 0. The topological polar surface area (TPSA) is 98.9 Å². The first-order valence-corrected chi connectivity index (χ1v) is 13.3. The van der Waals surface area contributed by atoms with Crippen LogP contribution >= 0.6 is 11.3 Å². The Bertz CT molecular complexity index is 1670. The van der Waals surface area contributed by atoms with Crippen LogP contribution < -0.4 is 19.8 Å². The first kappa shape index (κ1) is 25.7. The minimum atomic E-state index is -0.833. The van der Waals surface area contributed by atoms with Crippen LogP contribution in [-0.4, -0.2) is 29.9 Å². The number of fused-ring (bicyclic) bond motifs is 2. The first-order valence-electron chi connectivity index (χ1n) is 12.5. The van der Waals surface area contributed by atoms with Crippen molar-refractivity contribution in [2.24, 2.45) is 0 Å². The minimum absolute atomic E-state index is 0.0279. The SMILES string of the molecule is CCOc1ccc(C2c3c(oc4cc(C)c(C)cc4c3=O)C(=O)N2c2nc(C)c(C(C)=O)s2)cc1OCC. The van der Waals surface area contributed by atoms with Crippen molar-refractivity contribution >= 4 is 39.1 Å². The van der Waals surface area contributed by atoms with E-state index in [1.54, 1.807) is 31.2 Å². The predicted octanol–water partition coefficient (Wildman–Crippen LogP) is 5.92. The lowest BCUT2D eigenvalue weighted by atomic mass is 9.97. The van der Waals surface area contributed by atoms with Gasteiger partial charge in [0.2, 0.25) is 5.76 Å². The minimum Gasteiger partial charge on any atom is -0.490 e. The van der Waals surface area contributed by atoms with Crippen molar-refractivity contribution < 1.29 is 23.5 Å². The Balaban J connectivity index is 1.80. The van der Waals surface area contributed by atoms with Crippen molar-refractivity contribution in [3.05, 3.63) is 79.1 Å². The van der Waals surface area contributed by atoms with Crippen LogP contribution in [0.3, 0.4) is 0 Å². The van der Waals surface area contributed by atoms with E-state index in [2.05, 4.69) is 4.98 Å². The van der Waals surface area contributed by atoms with E-state index in [-0.39, 0.29) is 22.5 Å². The number of carbonyl (C=O) groups is 2. The molecule has 1 aliphatic rings. The van der Waals surface area contributed by atoms with Gasteiger partial charge >= 0.3 is 0 Å². The van der Waals surface area contributed by atoms with Gasteiger partial charge in [-0.05, 0) is 75.6 Å². The summed E-state index contributed by atoms with van der Waals surface area (Å²) in [6, 6.07) is 8.11. The molecule has 0 spiro atoms. The smallest absolute Gasteiger partial charge is 0.297 e. The molecular formula is C29H28N2O6S. The number of carbonyl (C=O) groups excluding carboxylic acids is 2. The molecule has 1 aliphatic heterocycles. The Morgan fingerprint density at radius 3 is 2.37 bits per heavy atom. The molecule has 9 heteroatoms. The van der Waals surface area contributed by atoms with Crippen LogP contribution in [0.5, 0.6) is 11.5 Å². The molecule has 1 amide bonds. The zero-order valence-electron chi connectivity index (χ0n) is 22.1. The number of rotatable bonds is 7. The van der Waals surface area contributed by atoms with Crippen LogP contribution in [0.1, 0.15) is 75.0 Å². The van der Waals surface area contributed by atoms with Gasteiger partial charge in [-0.2, -0.15) is 0 Å². The van der Waals surface area contributed by atoms with Gasteiger partial charge in [0.15, 0.2) is 27.8 Å². The van der Waals surface area contributed by atoms with E-state index in [4.69, 9.17) is 13.9 Å². The van der Waals surface area contributed by atoms with Gasteiger partial charge in [0, 0.05) is 6.92 Å². The molecule has 0 radical (unpaired) electrons. The van der Waals surface area contributed by atoms with Gasteiger partial charge in [-0.15, -0.1) is 0 Å². The molecule has 0 aliphatic carbocycles. The number of aromatic nitrogens is 1. The fourth-order valence-electron chi connectivity index (χ4n) is 4.79. The Morgan fingerprint density at radius 1 is 1.03 bits per heavy atom. The van der Waals surface area contributed by atoms with E-state index in [9.17, 15) is 14.4 Å². The quantitative estimate of drug-likeness (QED) is 0.272. The molecule has 0 saturated carbocycles. The standard InChI is InChI=1S/C29H28N2O6S/c1-7-35-20-10-9-18(13-22(20)36-8-2)24-23-25(33)19-11-14(3)15(4)12-21(19)37-26(23)28(34)31(24)29-30-16(5)27(38-29)17(6)32/h9-13,24H,7-8H2,1-6H3. The Morgan fingerprint density at radius 2 is 1.71 bits per heavy atom. The van der Waals surface area contributed by atoms with Crippen LogP contribution in [0.4, 0.5) is 5.13 Å². The molecular weight excluding hydrogens is 504 g/mol. The number of anilines is 1. The fraction of sp³-hybridized carbons (Fsp3) is 0.310. The molecule has 38 heavy (non-hydrogen) atoms. The van der Waals surface area contributed by atoms with Crippen molar-refractivity contribution in [2.75, 3.05) is 18.1 Å². The lowest BCUT2D eigenvalue weighted by molar-refractivity contribution is 0.0969. The summed E-state index contributed by atoms with van der Waals surface area (Å²) in [6.07, 6.45) is 0. The number of Topliss-reactive ketones (excluding diaryl/α,β-unsaturated/α-hetero) is 1. The second-order valence-electron chi connectivity index (χ2n) is 9.22. The van der Waals surface area contributed by atoms with Gasteiger partial charge in [0.1, 0.15) is 5.58 Å². The van der Waals surface area contributed by atoms with Crippen molar-refractivity contribution in [2.45, 2.75) is 47.6 Å². The van der Waals surface area contributed by atoms with Gasteiger partial charge in [0.25, 0.3) is 5.91 Å². The Labute approximate surface area is 223 Å². The number of aryl methyl sites for hydroxylation is 3. The summed E-state index contributed by atoms with van der Waals surface area (Å²) in [4.78, 5) is 46.6. The summed E-state index contributed by atoms with van der Waals surface area (Å²) < 4.78 is 17.7. The molecule has 196 valence electrons. The zero-order chi connectivity index (χ0) is 27.3. The highest BCUT2D eigenvalue weighted by Gasteiger charge is 2.45. The van der Waals surface area contributed by atoms with Crippen LogP contribution in [0.15, 0.2) is 39.5 Å². The predicted molar refractivity (Wildman–Crippen MR) is 146 cm³/mol. The summed E-state index contributed by atoms with van der Waals surface area (Å²) in [5.74, 6) is 0.411. The first-order chi connectivity index (χ1) is 18.2. The number of nitrogens with zero attached hydrogens (tertiary/aromatic N) is 2. The van der Waals surface area contributed by atoms with E-state index in [0.29, 0.717) is 56.9 Å². The van der Waals surface area contributed by atoms with E-state index in [0.717, 1.165) is 22.5 Å². The van der Waals surface area contributed by atoms with Gasteiger partial charge in [-0.1, -0.05) is 17.4 Å². The highest BCUT2D eigenvalue weighted by atomic mass is 32.1. The number of benzene rings is 2. The highest BCUT2D eigenvalue weighted by molar-refractivity contribution is 7.17. The molecule has 0 N–H and O–H groups in total. The summed E-state index contributed by atoms with van der Waals surface area (Å²) in [5.41, 5.74) is 3.37. The van der Waals surface area contributed by atoms with Gasteiger partial charge in [0.05, 0.1) is 40.8 Å². The van der Waals surface area contributed by atoms with Crippen molar-refractivity contribution in [1.82, 2.24) is 4.98 Å². The molecule has 2 aromatic heterocycles. The van der Waals surface area contributed by atoms with Crippen LogP contribution in [0, 0.1) is 20.8 Å². The maximum Gasteiger partial charge on any atom is 0.297 e. The highest BCUT2D eigenvalue weighted by Crippen LogP contribution is 2.45. The lowest BCUT2D eigenvalue weighted by Crippen LogP contribution is -2.29. The Hall–Kier alpha value is -3.98. The second kappa shape index (κ2) is 9.72. The fourth-order valence-corrected chi connectivity index (χ4v) is 5.78. The molecule has 0 bridgehead atoms. The molecule has 8 nitrogen and oxygen atoms in total. The van der Waals surface area contributed by atoms with Crippen molar-refractivity contribution in [3.8, 4) is 11.5 Å². The summed E-state index contributed by atoms with van der Waals surface area (Å²) >= 11 is 1.12. The number of ketones is 1. The monoisotopic (exact) mass is 532 g/mol. The lowest BCUT2D eigenvalue weighted by Gasteiger charge is -2.23. The van der Waals surface area contributed by atoms with Gasteiger partial charge < -0.3 is 13.9 Å². The molecule has 0 fully saturated rings. The van der Waals surface area contributed by atoms with E-state index < -0.39 is 11.9 Å². The molecule has 0 saturated heterocycles. The maximum absolute atomic E-state index is 14.0. The summed E-state index contributed by atoms with van der Waals surface area (Å²) in [5, 5.41) is 0.721. The molecule has 1 atom stereocenters. The Kier molecular flexibility index (Phi) is 6.56. The largest absolute Gasteiger partial charge is 0.490 e. The zero-order valence-corrected chi connectivity index (χ0v) is 22.9. The third kappa shape index (κ3) is 4.07. The molecule has 2 aromatic carbocycles. The molecule has 1 unspecified atom stereocenters.